The number of carbonyl (C=O) groups excluding carboxylic acids is 1. The Morgan fingerprint density at radius 3 is 2.86 bits per heavy atom. The molecule has 2 rings (SSSR count). The van der Waals surface area contributed by atoms with Gasteiger partial charge in [-0.1, -0.05) is 12.1 Å². The Bertz CT molecular complexity index is 615. The molecule has 1 aromatic carbocycles. The molecule has 3 N–H and O–H groups in total. The van der Waals surface area contributed by atoms with Crippen molar-refractivity contribution in [3.05, 3.63) is 46.3 Å². The highest BCUT2D eigenvalue weighted by atomic mass is 32.1. The Kier molecular flexibility index (Phi) is 4.41. The van der Waals surface area contributed by atoms with Gasteiger partial charge in [0.15, 0.2) is 5.11 Å². The van der Waals surface area contributed by atoms with E-state index in [-0.39, 0.29) is 10.9 Å². The number of nitrogens with one attached hydrogen (secondary N) is 2. The highest BCUT2D eigenvalue weighted by Crippen LogP contribution is 2.29. The summed E-state index contributed by atoms with van der Waals surface area (Å²) < 4.78 is 4.78. The molecule has 8 heteroatoms. The second-order valence-corrected chi connectivity index (χ2v) is 4.84. The Morgan fingerprint density at radius 2 is 2.24 bits per heavy atom. The first-order valence-electron chi connectivity index (χ1n) is 6.06. The fourth-order valence-electron chi connectivity index (χ4n) is 2.15. The van der Waals surface area contributed by atoms with Gasteiger partial charge in [0.2, 0.25) is 0 Å². The van der Waals surface area contributed by atoms with E-state index >= 15 is 0 Å². The maximum atomic E-state index is 12.0. The minimum atomic E-state index is -0.564. The van der Waals surface area contributed by atoms with Gasteiger partial charge in [0.05, 0.1) is 24.4 Å². The van der Waals surface area contributed by atoms with Crippen LogP contribution in [-0.4, -0.2) is 23.4 Å². The van der Waals surface area contributed by atoms with Gasteiger partial charge >= 0.3 is 5.97 Å². The third-order valence-electron chi connectivity index (χ3n) is 3.10. The van der Waals surface area contributed by atoms with Crippen LogP contribution in [0.3, 0.4) is 0 Å². The van der Waals surface area contributed by atoms with Crippen molar-refractivity contribution in [3.63, 3.8) is 0 Å². The summed E-state index contributed by atoms with van der Waals surface area (Å²) in [7, 11) is 1.29. The standard InChI is InChI=1S/C13H14N3O4S/c1-7-10(12(17)20-2)11(15-13(21)14-7)8-4-3-5-9(6-8)16(18)19/h3-6,11,18H,1-2H3,(H2,14,15,21)/q-1/t11-/m0/s1. The number of allylic oxidation sites excluding steroid dienone is 1. The molecule has 7 nitrogen and oxygen atoms in total. The van der Waals surface area contributed by atoms with Gasteiger partial charge in [-0.15, -0.1) is 0 Å². The molecule has 0 saturated heterocycles. The lowest BCUT2D eigenvalue weighted by Gasteiger charge is -2.30. The zero-order valence-corrected chi connectivity index (χ0v) is 12.2. The molecule has 0 amide bonds. The SMILES string of the molecule is COC(=O)C1=C(C)NC(=S)N[C@H]1c1cccc(N([O-])O)c1. The summed E-state index contributed by atoms with van der Waals surface area (Å²) in [6.07, 6.45) is 0. The maximum absolute atomic E-state index is 12.0. The molecule has 21 heavy (non-hydrogen) atoms. The van der Waals surface area contributed by atoms with E-state index in [2.05, 4.69) is 10.6 Å². The fraction of sp³-hybridized carbons (Fsp3) is 0.231. The lowest BCUT2D eigenvalue weighted by atomic mass is 9.95. The summed E-state index contributed by atoms with van der Waals surface area (Å²) >= 11 is 5.09. The quantitative estimate of drug-likeness (QED) is 0.437. The van der Waals surface area contributed by atoms with E-state index in [1.54, 1.807) is 19.1 Å². The van der Waals surface area contributed by atoms with Crippen LogP contribution in [0.2, 0.25) is 0 Å². The summed E-state index contributed by atoms with van der Waals surface area (Å²) in [6.45, 7) is 1.71. The Balaban J connectivity index is 2.48. The number of benzene rings is 1. The molecular formula is C13H14N3O4S-. The molecule has 1 aliphatic rings. The van der Waals surface area contributed by atoms with Gasteiger partial charge in [-0.05, 0) is 36.8 Å². The average molecular weight is 308 g/mol. The van der Waals surface area contributed by atoms with E-state index in [0.717, 1.165) is 0 Å². The predicted molar refractivity (Wildman–Crippen MR) is 80.4 cm³/mol. The van der Waals surface area contributed by atoms with Crippen LogP contribution in [0.1, 0.15) is 18.5 Å². The van der Waals surface area contributed by atoms with Crippen LogP contribution in [0.4, 0.5) is 5.69 Å². The topological polar surface area (TPSA) is 96.9 Å². The maximum Gasteiger partial charge on any atom is 0.337 e. The van der Waals surface area contributed by atoms with Crippen molar-refractivity contribution in [3.8, 4) is 0 Å². The van der Waals surface area contributed by atoms with E-state index in [9.17, 15) is 10.0 Å². The first-order valence-corrected chi connectivity index (χ1v) is 6.47. The van der Waals surface area contributed by atoms with E-state index in [0.29, 0.717) is 21.9 Å². The molecule has 0 spiro atoms. The first kappa shape index (κ1) is 15.2. The molecule has 1 aromatic rings. The predicted octanol–water partition coefficient (Wildman–Crippen LogP) is 1.35. The number of hydrogen-bond donors (Lipinski definition) is 3. The lowest BCUT2D eigenvalue weighted by molar-refractivity contribution is -0.136. The summed E-state index contributed by atoms with van der Waals surface area (Å²) in [5.74, 6) is -0.506. The second kappa shape index (κ2) is 6.08. The molecule has 0 aromatic heterocycles. The largest absolute Gasteiger partial charge is 0.733 e. The number of rotatable bonds is 3. The molecule has 0 aliphatic carbocycles. The molecule has 0 bridgehead atoms. The summed E-state index contributed by atoms with van der Waals surface area (Å²) in [6, 6.07) is 5.67. The van der Waals surface area contributed by atoms with Crippen molar-refractivity contribution in [1.29, 1.82) is 0 Å². The second-order valence-electron chi connectivity index (χ2n) is 4.43. The molecule has 1 atom stereocenters. The molecule has 0 saturated carbocycles. The van der Waals surface area contributed by atoms with Crippen LogP contribution in [0.25, 0.3) is 0 Å². The highest BCUT2D eigenvalue weighted by Gasteiger charge is 2.30. The smallest absolute Gasteiger partial charge is 0.337 e. The average Bonchev–Trinajstić information content (AvgIpc) is 2.45. The number of methoxy groups -OCH3 is 1. The van der Waals surface area contributed by atoms with E-state index in [1.165, 1.54) is 19.2 Å². The minimum Gasteiger partial charge on any atom is -0.733 e. The van der Waals surface area contributed by atoms with Crippen molar-refractivity contribution in [2.45, 2.75) is 13.0 Å². The molecule has 0 fully saturated rings. The van der Waals surface area contributed by atoms with Crippen molar-refractivity contribution in [2.24, 2.45) is 0 Å². The van der Waals surface area contributed by atoms with Gasteiger partial charge < -0.3 is 25.8 Å². The third-order valence-corrected chi connectivity index (χ3v) is 3.32. The number of anilines is 1. The lowest BCUT2D eigenvalue weighted by Crippen LogP contribution is -2.45. The van der Waals surface area contributed by atoms with Gasteiger partial charge in [0, 0.05) is 5.70 Å². The molecule has 1 aliphatic heterocycles. The Hall–Kier alpha value is -2.16. The normalized spacial score (nSPS) is 17.9. The fourth-order valence-corrected chi connectivity index (χ4v) is 2.42. The van der Waals surface area contributed by atoms with Crippen LogP contribution in [-0.2, 0) is 9.53 Å². The zero-order valence-electron chi connectivity index (χ0n) is 11.4. The molecule has 0 unspecified atom stereocenters. The van der Waals surface area contributed by atoms with Crippen LogP contribution >= 0.6 is 12.2 Å². The third kappa shape index (κ3) is 3.13. The van der Waals surface area contributed by atoms with Gasteiger partial charge in [0.25, 0.3) is 0 Å². The van der Waals surface area contributed by atoms with Gasteiger partial charge in [-0.3, -0.25) is 5.21 Å². The number of esters is 1. The number of ether oxygens (including phenoxy) is 1. The van der Waals surface area contributed by atoms with Gasteiger partial charge in [-0.2, -0.15) is 0 Å². The molecule has 1 heterocycles. The van der Waals surface area contributed by atoms with Crippen molar-refractivity contribution in [1.82, 2.24) is 10.6 Å². The molecule has 0 radical (unpaired) electrons. The van der Waals surface area contributed by atoms with Crippen LogP contribution in [0.5, 0.6) is 0 Å². The van der Waals surface area contributed by atoms with E-state index < -0.39 is 12.0 Å². The Labute approximate surface area is 126 Å². The zero-order chi connectivity index (χ0) is 15.6. The van der Waals surface area contributed by atoms with Crippen molar-refractivity contribution >= 4 is 29.0 Å². The van der Waals surface area contributed by atoms with Gasteiger partial charge in [-0.25, -0.2) is 4.79 Å². The van der Waals surface area contributed by atoms with Crippen molar-refractivity contribution < 1.29 is 14.7 Å². The van der Waals surface area contributed by atoms with Crippen LogP contribution in [0.15, 0.2) is 35.5 Å². The molecular weight excluding hydrogens is 294 g/mol. The molecule has 112 valence electrons. The monoisotopic (exact) mass is 308 g/mol. The number of carbonyl (C=O) groups is 1. The first-order chi connectivity index (χ1) is 9.93. The summed E-state index contributed by atoms with van der Waals surface area (Å²) in [5.41, 5.74) is 1.59. The van der Waals surface area contributed by atoms with E-state index in [4.69, 9.17) is 22.2 Å². The van der Waals surface area contributed by atoms with Crippen LogP contribution in [0, 0.1) is 5.21 Å². The number of hydrogen-bond acceptors (Lipinski definition) is 6. The van der Waals surface area contributed by atoms with E-state index in [1.807, 2.05) is 0 Å². The number of nitrogens with zero attached hydrogens (tertiary/aromatic N) is 1. The number of thiocarbonyl (C=S) groups is 1. The summed E-state index contributed by atoms with van der Waals surface area (Å²) in [5, 5.41) is 25.9. The summed E-state index contributed by atoms with van der Waals surface area (Å²) in [4.78, 5) is 12.0. The highest BCUT2D eigenvalue weighted by molar-refractivity contribution is 7.80. The van der Waals surface area contributed by atoms with Gasteiger partial charge in [0.1, 0.15) is 0 Å². The minimum absolute atomic E-state index is 0.0561. The van der Waals surface area contributed by atoms with Crippen LogP contribution < -0.4 is 15.9 Å². The Morgan fingerprint density at radius 1 is 1.52 bits per heavy atom. The van der Waals surface area contributed by atoms with Crippen molar-refractivity contribution in [2.75, 3.05) is 12.3 Å².